The number of hydrogen-bond donors (Lipinski definition) is 1. The van der Waals surface area contributed by atoms with Crippen LogP contribution in [-0.4, -0.2) is 24.6 Å². The minimum Gasteiger partial charge on any atom is -0.454 e. The highest BCUT2D eigenvalue weighted by Gasteiger charge is 2.92. The van der Waals surface area contributed by atoms with Crippen LogP contribution in [0.1, 0.15) is 56.4 Å². The normalized spacial score (nSPS) is 25.2. The number of ether oxygens (including phenoxy) is 1. The van der Waals surface area contributed by atoms with Crippen LogP contribution in [0.25, 0.3) is 22.2 Å². The summed E-state index contributed by atoms with van der Waals surface area (Å²) >= 11 is 0. The molecule has 6 nitrogen and oxygen atoms in total. The Balaban J connectivity index is 1.25. The third-order valence-corrected chi connectivity index (χ3v) is 9.33. The average molecular weight is 537 g/mol. The maximum Gasteiger partial charge on any atom is 0.165 e. The van der Waals surface area contributed by atoms with Gasteiger partial charge < -0.3 is 14.4 Å². The lowest BCUT2D eigenvalue weighted by atomic mass is 9.94. The highest BCUT2D eigenvalue weighted by atomic mass is 19.1. The second-order valence-corrected chi connectivity index (χ2v) is 11.6. The first-order valence-electron chi connectivity index (χ1n) is 13.6. The minimum absolute atomic E-state index is 0.00886. The predicted molar refractivity (Wildman–Crippen MR) is 145 cm³/mol. The average Bonchev–Trinajstić information content (AvgIpc) is 3.69. The van der Waals surface area contributed by atoms with Gasteiger partial charge in [-0.1, -0.05) is 37.3 Å². The smallest absolute Gasteiger partial charge is 0.165 e. The highest BCUT2D eigenvalue weighted by molar-refractivity contribution is 5.85. The van der Waals surface area contributed by atoms with E-state index in [1.54, 1.807) is 37.5 Å². The molecule has 200 valence electrons. The van der Waals surface area contributed by atoms with Gasteiger partial charge in [-0.15, -0.1) is 0 Å². The molecule has 3 aliphatic rings. The number of halogens is 2. The van der Waals surface area contributed by atoms with E-state index in [2.05, 4.69) is 14.5 Å². The third kappa shape index (κ3) is 3.02. The minimum atomic E-state index is -1.15. The SMILES string of the molecule is CCC(C)(O)c1ncc(-c2cc3c(cc2F)nc2n3[C@H](c3ccccc3Oc3ccccc3F)C34CC23C4)cn1. The van der Waals surface area contributed by atoms with Gasteiger partial charge in [0.25, 0.3) is 0 Å². The third-order valence-electron chi connectivity index (χ3n) is 9.33. The number of para-hydroxylation sites is 2. The van der Waals surface area contributed by atoms with E-state index in [0.29, 0.717) is 34.6 Å². The van der Waals surface area contributed by atoms with Gasteiger partial charge in [0.15, 0.2) is 17.4 Å². The summed E-state index contributed by atoms with van der Waals surface area (Å²) in [7, 11) is 0. The van der Waals surface area contributed by atoms with Crippen LogP contribution >= 0.6 is 0 Å². The molecule has 40 heavy (non-hydrogen) atoms. The van der Waals surface area contributed by atoms with Crippen molar-refractivity contribution in [3.05, 3.63) is 102 Å². The Kier molecular flexibility index (Phi) is 4.58. The Morgan fingerprint density at radius 2 is 1.70 bits per heavy atom. The Morgan fingerprint density at radius 3 is 2.42 bits per heavy atom. The van der Waals surface area contributed by atoms with Crippen molar-refractivity contribution in [2.75, 3.05) is 0 Å². The zero-order chi connectivity index (χ0) is 27.4. The summed E-state index contributed by atoms with van der Waals surface area (Å²) in [6.45, 7) is 3.52. The fourth-order valence-corrected chi connectivity index (χ4v) is 6.74. The monoisotopic (exact) mass is 536 g/mol. The molecule has 5 aromatic rings. The van der Waals surface area contributed by atoms with Gasteiger partial charge in [-0.3, -0.25) is 0 Å². The molecular weight excluding hydrogens is 510 g/mol. The first-order chi connectivity index (χ1) is 19.3. The summed E-state index contributed by atoms with van der Waals surface area (Å²) in [6, 6.07) is 17.4. The molecule has 1 aliphatic heterocycles. The summed E-state index contributed by atoms with van der Waals surface area (Å²) in [5.41, 5.74) is 2.20. The fourth-order valence-electron chi connectivity index (χ4n) is 6.74. The molecule has 3 heterocycles. The van der Waals surface area contributed by atoms with Gasteiger partial charge in [0.2, 0.25) is 0 Å². The zero-order valence-corrected chi connectivity index (χ0v) is 22.0. The first-order valence-corrected chi connectivity index (χ1v) is 13.6. The van der Waals surface area contributed by atoms with Crippen LogP contribution in [0.4, 0.5) is 8.78 Å². The van der Waals surface area contributed by atoms with Crippen LogP contribution in [0.5, 0.6) is 11.5 Å². The molecule has 8 rings (SSSR count). The van der Waals surface area contributed by atoms with E-state index in [0.717, 1.165) is 29.7 Å². The second-order valence-electron chi connectivity index (χ2n) is 11.6. The van der Waals surface area contributed by atoms with Gasteiger partial charge in [-0.05, 0) is 50.5 Å². The molecule has 1 unspecified atom stereocenters. The van der Waals surface area contributed by atoms with Gasteiger partial charge in [0.05, 0.1) is 17.1 Å². The Hall–Kier alpha value is -4.17. The molecule has 2 saturated carbocycles. The Bertz CT molecular complexity index is 1840. The van der Waals surface area contributed by atoms with Gasteiger partial charge in [0, 0.05) is 46.0 Å². The molecule has 2 aliphatic carbocycles. The highest BCUT2D eigenvalue weighted by Crippen LogP contribution is 2.93. The lowest BCUT2D eigenvalue weighted by Crippen LogP contribution is -2.22. The van der Waals surface area contributed by atoms with Crippen molar-refractivity contribution in [2.24, 2.45) is 5.41 Å². The van der Waals surface area contributed by atoms with E-state index in [1.807, 2.05) is 37.3 Å². The molecule has 2 fully saturated rings. The number of benzene rings is 3. The number of nitrogens with zero attached hydrogens (tertiary/aromatic N) is 4. The van der Waals surface area contributed by atoms with Crippen molar-refractivity contribution in [1.29, 1.82) is 0 Å². The summed E-state index contributed by atoms with van der Waals surface area (Å²) < 4.78 is 38.3. The number of rotatable bonds is 6. The van der Waals surface area contributed by atoms with E-state index in [-0.39, 0.29) is 22.6 Å². The number of aromatic nitrogens is 4. The van der Waals surface area contributed by atoms with Crippen LogP contribution in [0.2, 0.25) is 0 Å². The Labute approximate surface area is 229 Å². The van der Waals surface area contributed by atoms with E-state index in [1.165, 1.54) is 12.1 Å². The van der Waals surface area contributed by atoms with Crippen LogP contribution in [-0.2, 0) is 11.0 Å². The van der Waals surface area contributed by atoms with Gasteiger partial charge >= 0.3 is 0 Å². The molecule has 2 atom stereocenters. The molecule has 0 spiro atoms. The van der Waals surface area contributed by atoms with Gasteiger partial charge in [0.1, 0.15) is 23.0 Å². The topological polar surface area (TPSA) is 73.1 Å². The van der Waals surface area contributed by atoms with Crippen molar-refractivity contribution in [3.63, 3.8) is 0 Å². The summed E-state index contributed by atoms with van der Waals surface area (Å²) in [6.07, 6.45) is 5.63. The quantitative estimate of drug-likeness (QED) is 0.258. The summed E-state index contributed by atoms with van der Waals surface area (Å²) in [5.74, 6) is 1.23. The summed E-state index contributed by atoms with van der Waals surface area (Å²) in [5, 5.41) is 10.5. The number of aliphatic hydroxyl groups is 1. The molecule has 2 aromatic heterocycles. The molecule has 3 aromatic carbocycles. The maximum absolute atomic E-state index is 15.4. The molecule has 0 bridgehead atoms. The lowest BCUT2D eigenvalue weighted by Gasteiger charge is -2.27. The van der Waals surface area contributed by atoms with Crippen molar-refractivity contribution in [3.8, 4) is 22.6 Å². The molecule has 0 radical (unpaired) electrons. The van der Waals surface area contributed by atoms with Crippen molar-refractivity contribution < 1.29 is 18.6 Å². The zero-order valence-electron chi connectivity index (χ0n) is 22.0. The number of hydrogen-bond acceptors (Lipinski definition) is 5. The fraction of sp³-hybridized carbons (Fsp3) is 0.281. The van der Waals surface area contributed by atoms with Gasteiger partial charge in [-0.2, -0.15) is 0 Å². The lowest BCUT2D eigenvalue weighted by molar-refractivity contribution is 0.0436. The van der Waals surface area contributed by atoms with Crippen LogP contribution in [0.15, 0.2) is 73.1 Å². The van der Waals surface area contributed by atoms with Crippen molar-refractivity contribution in [1.82, 2.24) is 19.5 Å². The standard InChI is InChI=1S/C32H26F2N4O2/c1-3-30(2,39)28-35-14-18(15-36-28)20-12-24-23(13-22(20)34)37-29-32-16-31(32,17-32)27(38(24)29)19-8-4-6-10-25(19)40-26-11-7-5-9-21(26)33/h4-15,27,39H,3,16-17H2,1-2H3/t27-,30?,31?,32?/m1/s1. The maximum atomic E-state index is 15.4. The molecule has 0 saturated heterocycles. The second kappa shape index (κ2) is 7.73. The van der Waals surface area contributed by atoms with E-state index in [9.17, 15) is 9.50 Å². The van der Waals surface area contributed by atoms with Crippen molar-refractivity contribution in [2.45, 2.75) is 50.2 Å². The van der Waals surface area contributed by atoms with E-state index < -0.39 is 17.2 Å². The van der Waals surface area contributed by atoms with Crippen LogP contribution in [0, 0.1) is 17.0 Å². The van der Waals surface area contributed by atoms with Crippen LogP contribution < -0.4 is 4.74 Å². The summed E-state index contributed by atoms with van der Waals surface area (Å²) in [4.78, 5) is 13.6. The van der Waals surface area contributed by atoms with E-state index in [4.69, 9.17) is 9.72 Å². The molecule has 1 N–H and O–H groups in total. The molecule has 8 heteroatoms. The van der Waals surface area contributed by atoms with Gasteiger partial charge in [-0.25, -0.2) is 23.7 Å². The first kappa shape index (κ1) is 23.7. The molecule has 0 amide bonds. The molecular formula is C32H26F2N4O2. The largest absolute Gasteiger partial charge is 0.454 e. The van der Waals surface area contributed by atoms with Crippen molar-refractivity contribution >= 4 is 11.0 Å². The van der Waals surface area contributed by atoms with Crippen LogP contribution in [0.3, 0.4) is 0 Å². The number of imidazole rings is 1. The Morgan fingerprint density at radius 1 is 1.00 bits per heavy atom. The van der Waals surface area contributed by atoms with E-state index >= 15 is 4.39 Å². The predicted octanol–water partition coefficient (Wildman–Crippen LogP) is 6.82. The number of fused-ring (bicyclic) bond motifs is 3.